The molecule has 1 aromatic carbocycles. The van der Waals surface area contributed by atoms with E-state index in [1.807, 2.05) is 34.1 Å². The van der Waals surface area contributed by atoms with Crippen molar-refractivity contribution in [2.75, 3.05) is 29.9 Å². The first-order valence-electron chi connectivity index (χ1n) is 10.7. The second-order valence-electron chi connectivity index (χ2n) is 8.16. The van der Waals surface area contributed by atoms with Gasteiger partial charge in [-0.2, -0.15) is 0 Å². The smallest absolute Gasteiger partial charge is 0.255 e. The number of nitrogens with two attached hydrogens (primary N) is 1. The van der Waals surface area contributed by atoms with Gasteiger partial charge in [0.2, 0.25) is 11.8 Å². The van der Waals surface area contributed by atoms with Crippen LogP contribution in [0.25, 0.3) is 0 Å². The van der Waals surface area contributed by atoms with Gasteiger partial charge in [0, 0.05) is 38.2 Å². The average Bonchev–Trinajstić information content (AvgIpc) is 3.19. The molecule has 162 valence electrons. The Morgan fingerprint density at radius 1 is 1.10 bits per heavy atom. The van der Waals surface area contributed by atoms with Crippen LogP contribution in [0.4, 0.5) is 11.5 Å². The first kappa shape index (κ1) is 20.8. The molecular weight excluding hydrogens is 394 g/mol. The summed E-state index contributed by atoms with van der Waals surface area (Å²) in [6, 6.07) is 11.0. The number of hydrogen-bond acceptors (Lipinski definition) is 5. The number of carbonyl (C=O) groups is 3. The number of nitrogens with zero attached hydrogens (tertiary/aromatic N) is 3. The Morgan fingerprint density at radius 2 is 1.90 bits per heavy atom. The van der Waals surface area contributed by atoms with Crippen LogP contribution < -0.4 is 16.0 Å². The molecule has 1 aromatic heterocycles. The van der Waals surface area contributed by atoms with E-state index in [9.17, 15) is 14.4 Å². The highest BCUT2D eigenvalue weighted by molar-refractivity contribution is 6.04. The molecule has 2 aliphatic rings. The topological polar surface area (TPSA) is 109 Å². The van der Waals surface area contributed by atoms with Crippen molar-refractivity contribution in [1.29, 1.82) is 0 Å². The minimum atomic E-state index is -0.272. The zero-order valence-corrected chi connectivity index (χ0v) is 17.4. The standard InChI is InChI=1S/C23H27N5O3/c24-22(30)18-3-1-11-27(15-18)20-10-9-19(13-25-20)26-23(31)17-7-5-16(6-8-17)14-28-12-2-4-21(28)29/h5-10,13,18H,1-4,11-12,14-15H2,(H2,24,30)(H,26,31). The molecule has 0 spiro atoms. The summed E-state index contributed by atoms with van der Waals surface area (Å²) in [6.45, 7) is 2.78. The number of piperidine rings is 1. The van der Waals surface area contributed by atoms with Gasteiger partial charge in [-0.3, -0.25) is 14.4 Å². The minimum Gasteiger partial charge on any atom is -0.369 e. The summed E-state index contributed by atoms with van der Waals surface area (Å²) in [7, 11) is 0. The maximum atomic E-state index is 12.6. The SMILES string of the molecule is NC(=O)C1CCCN(c2ccc(NC(=O)c3ccc(CN4CCCC4=O)cc3)cn2)C1. The van der Waals surface area contributed by atoms with Crippen LogP contribution in [-0.2, 0) is 16.1 Å². The van der Waals surface area contributed by atoms with Crippen molar-refractivity contribution in [2.24, 2.45) is 11.7 Å². The van der Waals surface area contributed by atoms with Gasteiger partial charge in [0.15, 0.2) is 0 Å². The Morgan fingerprint density at radius 3 is 2.55 bits per heavy atom. The molecule has 2 saturated heterocycles. The van der Waals surface area contributed by atoms with Gasteiger partial charge in [-0.1, -0.05) is 12.1 Å². The number of pyridine rings is 1. The van der Waals surface area contributed by atoms with E-state index in [-0.39, 0.29) is 23.6 Å². The monoisotopic (exact) mass is 421 g/mol. The van der Waals surface area contributed by atoms with Gasteiger partial charge in [0.25, 0.3) is 5.91 Å². The summed E-state index contributed by atoms with van der Waals surface area (Å²) in [4.78, 5) is 44.1. The van der Waals surface area contributed by atoms with Crippen molar-refractivity contribution >= 4 is 29.2 Å². The molecule has 0 bridgehead atoms. The number of benzene rings is 1. The first-order chi connectivity index (χ1) is 15.0. The highest BCUT2D eigenvalue weighted by Gasteiger charge is 2.24. The Bertz CT molecular complexity index is 958. The molecule has 2 aromatic rings. The normalized spacial score (nSPS) is 18.8. The lowest BCUT2D eigenvalue weighted by Gasteiger charge is -2.32. The van der Waals surface area contributed by atoms with Crippen molar-refractivity contribution in [3.05, 3.63) is 53.7 Å². The maximum Gasteiger partial charge on any atom is 0.255 e. The quantitative estimate of drug-likeness (QED) is 0.743. The lowest BCUT2D eigenvalue weighted by atomic mass is 9.97. The molecule has 2 aliphatic heterocycles. The number of aromatic nitrogens is 1. The number of amides is 3. The molecule has 0 aliphatic carbocycles. The van der Waals surface area contributed by atoms with E-state index in [4.69, 9.17) is 5.73 Å². The second-order valence-corrected chi connectivity index (χ2v) is 8.16. The highest BCUT2D eigenvalue weighted by atomic mass is 16.2. The number of hydrogen-bond donors (Lipinski definition) is 2. The number of rotatable bonds is 6. The number of primary amides is 1. The molecule has 1 atom stereocenters. The Kier molecular flexibility index (Phi) is 6.16. The van der Waals surface area contributed by atoms with Gasteiger partial charge in [-0.05, 0) is 49.1 Å². The average molecular weight is 422 g/mol. The van der Waals surface area contributed by atoms with Crippen LogP contribution >= 0.6 is 0 Å². The summed E-state index contributed by atoms with van der Waals surface area (Å²) in [5, 5.41) is 2.86. The van der Waals surface area contributed by atoms with Crippen molar-refractivity contribution in [2.45, 2.75) is 32.2 Å². The molecular formula is C23H27N5O3. The fraction of sp³-hybridized carbons (Fsp3) is 0.391. The van der Waals surface area contributed by atoms with Crippen LogP contribution in [-0.4, -0.2) is 47.2 Å². The molecule has 4 rings (SSSR count). The predicted octanol–water partition coefficient (Wildman–Crippen LogP) is 2.16. The molecule has 3 N–H and O–H groups in total. The molecule has 0 saturated carbocycles. The van der Waals surface area contributed by atoms with Gasteiger partial charge in [0.05, 0.1) is 17.8 Å². The third-order valence-electron chi connectivity index (χ3n) is 5.91. The van der Waals surface area contributed by atoms with Gasteiger partial charge in [-0.15, -0.1) is 0 Å². The Balaban J connectivity index is 1.34. The first-order valence-corrected chi connectivity index (χ1v) is 10.7. The number of nitrogens with one attached hydrogen (secondary N) is 1. The van der Waals surface area contributed by atoms with E-state index in [1.165, 1.54) is 0 Å². The number of carbonyl (C=O) groups excluding carboxylic acids is 3. The summed E-state index contributed by atoms with van der Waals surface area (Å²) < 4.78 is 0. The lowest BCUT2D eigenvalue weighted by molar-refractivity contribution is -0.128. The lowest BCUT2D eigenvalue weighted by Crippen LogP contribution is -2.41. The molecule has 8 heteroatoms. The van der Waals surface area contributed by atoms with Gasteiger partial charge < -0.3 is 20.9 Å². The van der Waals surface area contributed by atoms with E-state index in [2.05, 4.69) is 10.3 Å². The van der Waals surface area contributed by atoms with Crippen molar-refractivity contribution in [1.82, 2.24) is 9.88 Å². The van der Waals surface area contributed by atoms with E-state index in [1.54, 1.807) is 18.3 Å². The highest BCUT2D eigenvalue weighted by Crippen LogP contribution is 2.22. The summed E-state index contributed by atoms with van der Waals surface area (Å²) in [6.07, 6.45) is 4.86. The van der Waals surface area contributed by atoms with E-state index < -0.39 is 0 Å². The van der Waals surface area contributed by atoms with Crippen LogP contribution in [0.2, 0.25) is 0 Å². The Hall–Kier alpha value is -3.42. The fourth-order valence-corrected chi connectivity index (χ4v) is 4.12. The van der Waals surface area contributed by atoms with Crippen LogP contribution in [0.15, 0.2) is 42.6 Å². The van der Waals surface area contributed by atoms with Crippen molar-refractivity contribution < 1.29 is 14.4 Å². The Labute approximate surface area is 181 Å². The number of likely N-dealkylation sites (tertiary alicyclic amines) is 1. The largest absolute Gasteiger partial charge is 0.369 e. The molecule has 3 heterocycles. The zero-order valence-electron chi connectivity index (χ0n) is 17.4. The molecule has 31 heavy (non-hydrogen) atoms. The van der Waals surface area contributed by atoms with Crippen LogP contribution in [0.1, 0.15) is 41.6 Å². The van der Waals surface area contributed by atoms with Gasteiger partial charge >= 0.3 is 0 Å². The fourth-order valence-electron chi connectivity index (χ4n) is 4.12. The predicted molar refractivity (Wildman–Crippen MR) is 117 cm³/mol. The van der Waals surface area contributed by atoms with Crippen LogP contribution in [0.5, 0.6) is 0 Å². The maximum absolute atomic E-state index is 12.6. The molecule has 8 nitrogen and oxygen atoms in total. The van der Waals surface area contributed by atoms with Crippen LogP contribution in [0, 0.1) is 5.92 Å². The zero-order chi connectivity index (χ0) is 21.8. The minimum absolute atomic E-state index is 0.151. The molecule has 0 radical (unpaired) electrons. The third-order valence-corrected chi connectivity index (χ3v) is 5.91. The molecule has 3 amide bonds. The summed E-state index contributed by atoms with van der Waals surface area (Å²) in [5.41, 5.74) is 7.60. The molecule has 1 unspecified atom stereocenters. The van der Waals surface area contributed by atoms with Crippen molar-refractivity contribution in [3.8, 4) is 0 Å². The van der Waals surface area contributed by atoms with E-state index in [0.717, 1.165) is 43.7 Å². The van der Waals surface area contributed by atoms with Crippen LogP contribution in [0.3, 0.4) is 0 Å². The third kappa shape index (κ3) is 5.02. The summed E-state index contributed by atoms with van der Waals surface area (Å²) in [5.74, 6) is 0.315. The molecule has 2 fully saturated rings. The van der Waals surface area contributed by atoms with Crippen molar-refractivity contribution in [3.63, 3.8) is 0 Å². The number of anilines is 2. The summed E-state index contributed by atoms with van der Waals surface area (Å²) >= 11 is 0. The van der Waals surface area contributed by atoms with E-state index in [0.29, 0.717) is 30.8 Å². The van der Waals surface area contributed by atoms with E-state index >= 15 is 0 Å². The van der Waals surface area contributed by atoms with Gasteiger partial charge in [-0.25, -0.2) is 4.98 Å². The second kappa shape index (κ2) is 9.16. The van der Waals surface area contributed by atoms with Gasteiger partial charge in [0.1, 0.15) is 5.82 Å².